The van der Waals surface area contributed by atoms with Crippen LogP contribution in [0.4, 0.5) is 11.4 Å². The summed E-state index contributed by atoms with van der Waals surface area (Å²) in [4.78, 5) is 13.6. The molecule has 0 saturated carbocycles. The first-order chi connectivity index (χ1) is 19.1. The lowest BCUT2D eigenvalue weighted by molar-refractivity contribution is 0.302. The Morgan fingerprint density at radius 2 is 0.974 bits per heavy atom. The zero-order valence-electron chi connectivity index (χ0n) is 23.2. The minimum Gasteiger partial charge on any atom is -0.395 e. The van der Waals surface area contributed by atoms with Crippen LogP contribution in [0.2, 0.25) is 0 Å². The number of benzene rings is 2. The third kappa shape index (κ3) is 7.65. The Morgan fingerprint density at radius 1 is 0.564 bits per heavy atom. The Labute approximate surface area is 232 Å². The van der Waals surface area contributed by atoms with Crippen LogP contribution < -0.4 is 9.80 Å². The fraction of sp³-hybridized carbons (Fsp3) is 0.235. The Kier molecular flexibility index (Phi) is 10.0. The Hall–Kier alpha value is -4.22. The molecule has 4 aromatic rings. The van der Waals surface area contributed by atoms with Crippen LogP contribution in [0.1, 0.15) is 43.0 Å². The maximum Gasteiger partial charge on any atom is 0.0892 e. The summed E-state index contributed by atoms with van der Waals surface area (Å²) in [5, 5.41) is 9.26. The molecule has 5 heteroatoms. The predicted octanol–water partition coefficient (Wildman–Crippen LogP) is 7.15. The number of aliphatic hydroxyl groups excluding tert-OH is 1. The highest BCUT2D eigenvalue weighted by Gasteiger charge is 2.05. The molecule has 2 aromatic carbocycles. The first kappa shape index (κ1) is 27.8. The summed E-state index contributed by atoms with van der Waals surface area (Å²) in [5.41, 5.74) is 8.48. The maximum absolute atomic E-state index is 9.26. The van der Waals surface area contributed by atoms with Gasteiger partial charge in [0.25, 0.3) is 0 Å². The molecule has 200 valence electrons. The molecule has 0 atom stereocenters. The van der Waals surface area contributed by atoms with Crippen molar-refractivity contribution in [2.24, 2.45) is 0 Å². The number of anilines is 2. The van der Waals surface area contributed by atoms with Gasteiger partial charge in [-0.15, -0.1) is 0 Å². The van der Waals surface area contributed by atoms with Crippen molar-refractivity contribution in [3.8, 4) is 11.4 Å². The number of nitrogens with zero attached hydrogens (tertiary/aromatic N) is 4. The number of aliphatic hydroxyl groups is 1. The summed E-state index contributed by atoms with van der Waals surface area (Å²) < 4.78 is 0. The number of rotatable bonds is 12. The van der Waals surface area contributed by atoms with E-state index in [0.29, 0.717) is 6.54 Å². The van der Waals surface area contributed by atoms with Gasteiger partial charge < -0.3 is 14.9 Å². The number of likely N-dealkylation sites (N-methyl/N-ethyl adjacent to an activating group) is 1. The van der Waals surface area contributed by atoms with Gasteiger partial charge in [0.05, 0.1) is 18.0 Å². The van der Waals surface area contributed by atoms with Gasteiger partial charge in [0.1, 0.15) is 0 Å². The van der Waals surface area contributed by atoms with E-state index in [1.54, 1.807) is 0 Å². The fourth-order valence-corrected chi connectivity index (χ4v) is 4.54. The molecule has 0 fully saturated rings. The third-order valence-electron chi connectivity index (χ3n) is 6.80. The van der Waals surface area contributed by atoms with Crippen molar-refractivity contribution in [3.05, 3.63) is 107 Å². The lowest BCUT2D eigenvalue weighted by Crippen LogP contribution is -2.25. The van der Waals surface area contributed by atoms with Crippen LogP contribution in [0.5, 0.6) is 0 Å². The van der Waals surface area contributed by atoms with E-state index in [1.165, 1.54) is 11.3 Å². The van der Waals surface area contributed by atoms with Gasteiger partial charge in [-0.2, -0.15) is 0 Å². The van der Waals surface area contributed by atoms with Gasteiger partial charge in [0, 0.05) is 49.9 Å². The second-order valence-electron chi connectivity index (χ2n) is 9.27. The lowest BCUT2D eigenvalue weighted by atomic mass is 10.1. The number of hydrogen-bond donors (Lipinski definition) is 1. The zero-order chi connectivity index (χ0) is 27.5. The molecule has 4 rings (SSSR count). The van der Waals surface area contributed by atoms with E-state index in [-0.39, 0.29) is 6.61 Å². The predicted molar refractivity (Wildman–Crippen MR) is 167 cm³/mol. The Morgan fingerprint density at radius 3 is 1.38 bits per heavy atom. The topological polar surface area (TPSA) is 52.5 Å². The van der Waals surface area contributed by atoms with Crippen LogP contribution in [-0.2, 0) is 0 Å². The summed E-state index contributed by atoms with van der Waals surface area (Å²) in [6.45, 7) is 10.1. The van der Waals surface area contributed by atoms with E-state index in [4.69, 9.17) is 0 Å². The van der Waals surface area contributed by atoms with E-state index in [9.17, 15) is 5.11 Å². The molecule has 0 bridgehead atoms. The second-order valence-corrected chi connectivity index (χ2v) is 9.27. The molecule has 1 N–H and O–H groups in total. The van der Waals surface area contributed by atoms with Crippen molar-refractivity contribution in [2.75, 3.05) is 42.6 Å². The SMILES string of the molecule is CCN(CC)c1ccc(/C=C/c2ccnc(-c3cc(/C=C/c4ccc(N(CC)CCO)cc4)ccn3)c2)cc1. The average molecular weight is 519 g/mol. The monoisotopic (exact) mass is 518 g/mol. The molecular formula is C34H38N4O. The summed E-state index contributed by atoms with van der Waals surface area (Å²) in [7, 11) is 0. The summed E-state index contributed by atoms with van der Waals surface area (Å²) >= 11 is 0. The van der Waals surface area contributed by atoms with Crippen LogP contribution in [0, 0.1) is 0 Å². The minimum atomic E-state index is 0.152. The van der Waals surface area contributed by atoms with Gasteiger partial charge in [-0.3, -0.25) is 9.97 Å². The Bertz CT molecular complexity index is 1370. The molecule has 0 aliphatic carbocycles. The highest BCUT2D eigenvalue weighted by Crippen LogP contribution is 2.21. The van der Waals surface area contributed by atoms with Crippen LogP contribution in [-0.4, -0.2) is 47.9 Å². The van der Waals surface area contributed by atoms with E-state index >= 15 is 0 Å². The quantitative estimate of drug-likeness (QED) is 0.216. The third-order valence-corrected chi connectivity index (χ3v) is 6.80. The van der Waals surface area contributed by atoms with E-state index < -0.39 is 0 Å². The van der Waals surface area contributed by atoms with Gasteiger partial charge in [-0.05, 0) is 91.6 Å². The van der Waals surface area contributed by atoms with Gasteiger partial charge >= 0.3 is 0 Å². The van der Waals surface area contributed by atoms with Gasteiger partial charge in [0.2, 0.25) is 0 Å². The summed E-state index contributed by atoms with van der Waals surface area (Å²) in [6.07, 6.45) is 12.1. The first-order valence-electron chi connectivity index (χ1n) is 13.7. The van der Waals surface area contributed by atoms with Crippen molar-refractivity contribution in [3.63, 3.8) is 0 Å². The van der Waals surface area contributed by atoms with Gasteiger partial charge in [-0.1, -0.05) is 48.6 Å². The number of aromatic nitrogens is 2. The smallest absolute Gasteiger partial charge is 0.0892 e. The maximum atomic E-state index is 9.26. The molecule has 0 amide bonds. The van der Waals surface area contributed by atoms with Gasteiger partial charge in [0.15, 0.2) is 0 Å². The normalized spacial score (nSPS) is 11.4. The molecule has 2 heterocycles. The molecule has 0 aliphatic heterocycles. The van der Waals surface area contributed by atoms with Crippen molar-refractivity contribution in [1.82, 2.24) is 9.97 Å². The highest BCUT2D eigenvalue weighted by atomic mass is 16.3. The van der Waals surface area contributed by atoms with Crippen LogP contribution in [0.15, 0.2) is 85.2 Å². The summed E-state index contributed by atoms with van der Waals surface area (Å²) in [6, 6.07) is 25.2. The molecule has 39 heavy (non-hydrogen) atoms. The lowest BCUT2D eigenvalue weighted by Gasteiger charge is -2.21. The highest BCUT2D eigenvalue weighted by molar-refractivity contribution is 5.74. The van der Waals surface area contributed by atoms with Crippen molar-refractivity contribution < 1.29 is 5.11 Å². The fourth-order valence-electron chi connectivity index (χ4n) is 4.54. The summed E-state index contributed by atoms with van der Waals surface area (Å²) in [5.74, 6) is 0. The molecule has 5 nitrogen and oxygen atoms in total. The molecule has 0 aliphatic rings. The van der Waals surface area contributed by atoms with Crippen molar-refractivity contribution in [2.45, 2.75) is 20.8 Å². The van der Waals surface area contributed by atoms with E-state index in [0.717, 1.165) is 53.4 Å². The number of hydrogen-bond acceptors (Lipinski definition) is 5. The van der Waals surface area contributed by atoms with E-state index in [2.05, 4.69) is 126 Å². The molecular weight excluding hydrogens is 480 g/mol. The number of pyridine rings is 2. The molecule has 2 aromatic heterocycles. The first-order valence-corrected chi connectivity index (χ1v) is 13.7. The van der Waals surface area contributed by atoms with Gasteiger partial charge in [-0.25, -0.2) is 0 Å². The van der Waals surface area contributed by atoms with Crippen LogP contribution in [0.25, 0.3) is 35.7 Å². The van der Waals surface area contributed by atoms with Crippen molar-refractivity contribution in [1.29, 1.82) is 0 Å². The zero-order valence-corrected chi connectivity index (χ0v) is 23.2. The van der Waals surface area contributed by atoms with Crippen LogP contribution in [0.3, 0.4) is 0 Å². The molecule has 0 saturated heterocycles. The van der Waals surface area contributed by atoms with E-state index in [1.807, 2.05) is 24.5 Å². The average Bonchev–Trinajstić information content (AvgIpc) is 2.99. The molecule has 0 spiro atoms. The molecule has 0 radical (unpaired) electrons. The van der Waals surface area contributed by atoms with Crippen LogP contribution >= 0.6 is 0 Å². The second kappa shape index (κ2) is 14.1. The Balaban J connectivity index is 1.45. The standard InChI is InChI=1S/C34H38N4O/c1-4-37(5-2)31-15-11-27(12-16-31)7-9-29-19-21-35-33(25-29)34-26-30(20-22-36-34)10-8-28-13-17-32(18-14-28)38(6-3)23-24-39/h7-22,25-26,39H,4-6,23-24H2,1-3H3/b9-7+,10-8+. The van der Waals surface area contributed by atoms with Crippen molar-refractivity contribution >= 4 is 35.7 Å². The molecule has 0 unspecified atom stereocenters. The largest absolute Gasteiger partial charge is 0.395 e. The minimum absolute atomic E-state index is 0.152.